The van der Waals surface area contributed by atoms with Crippen molar-refractivity contribution >= 4 is 15.7 Å². The van der Waals surface area contributed by atoms with Crippen LogP contribution in [0.2, 0.25) is 5.21 Å². The lowest BCUT2D eigenvalue weighted by atomic mass is 9.34. The average molecular weight is 302 g/mol. The van der Waals surface area contributed by atoms with Crippen LogP contribution < -0.4 is 0 Å². The van der Waals surface area contributed by atoms with E-state index in [4.69, 9.17) is 0 Å². The summed E-state index contributed by atoms with van der Waals surface area (Å²) in [5.41, 5.74) is 1.71. The molecule has 0 aromatic rings. The molecular weight excluding hydrogens is 262 g/mol. The average Bonchev–Trinajstić information content (AvgIpc) is 2.43. The molecule has 2 aliphatic carbocycles. The van der Waals surface area contributed by atoms with Crippen molar-refractivity contribution in [1.29, 1.82) is 0 Å². The van der Waals surface area contributed by atoms with E-state index in [1.807, 2.05) is 0 Å². The van der Waals surface area contributed by atoms with Gasteiger partial charge in [-0.2, -0.15) is 0 Å². The Bertz CT molecular complexity index is 382. The summed E-state index contributed by atoms with van der Waals surface area (Å²) in [6, 6.07) is 0. The lowest BCUT2D eigenvalue weighted by Crippen LogP contribution is -2.51. The van der Waals surface area contributed by atoms with E-state index < -0.39 is 0 Å². The molecule has 0 radical (unpaired) electrons. The molecule has 3 unspecified atom stereocenters. The first kappa shape index (κ1) is 18.5. The standard InChI is InChI=1S/C20H40B2/c1-6-7-12-19-13-9-8-11-18(19,5)15-16(10-14-19)20(21,22)17(2,3)4/h16H,6-15,21-22H2,1-5H3. The summed E-state index contributed by atoms with van der Waals surface area (Å²) in [7, 11) is 5.09. The second-order valence-corrected chi connectivity index (χ2v) is 10.6. The fraction of sp³-hybridized carbons (Fsp3) is 1.00. The molecule has 2 fully saturated rings. The Hall–Kier alpha value is 0.130. The summed E-state index contributed by atoms with van der Waals surface area (Å²) in [6.07, 6.45) is 14.8. The minimum atomic E-state index is 0.409. The van der Waals surface area contributed by atoms with Gasteiger partial charge in [0.15, 0.2) is 0 Å². The van der Waals surface area contributed by atoms with Crippen molar-refractivity contribution in [2.24, 2.45) is 22.2 Å². The summed E-state index contributed by atoms with van der Waals surface area (Å²) >= 11 is 0. The highest BCUT2D eigenvalue weighted by Crippen LogP contribution is 2.66. The van der Waals surface area contributed by atoms with Crippen LogP contribution in [0.15, 0.2) is 0 Å². The first-order valence-electron chi connectivity index (χ1n) is 10.1. The summed E-state index contributed by atoms with van der Waals surface area (Å²) in [5.74, 6) is 0.908. The molecule has 0 aliphatic heterocycles. The Kier molecular flexibility index (Phi) is 5.21. The molecular formula is C20H40B2. The first-order valence-corrected chi connectivity index (χ1v) is 10.1. The largest absolute Gasteiger partial charge is 0.100 e. The van der Waals surface area contributed by atoms with Crippen LogP contribution in [-0.2, 0) is 0 Å². The van der Waals surface area contributed by atoms with E-state index in [1.165, 1.54) is 64.2 Å². The highest BCUT2D eigenvalue weighted by molar-refractivity contribution is 6.40. The Morgan fingerprint density at radius 3 is 2.27 bits per heavy atom. The lowest BCUT2D eigenvalue weighted by Gasteiger charge is -2.61. The predicted octanol–water partition coefficient (Wildman–Crippen LogP) is 4.97. The van der Waals surface area contributed by atoms with Gasteiger partial charge in [-0.05, 0) is 54.3 Å². The molecule has 0 nitrogen and oxygen atoms in total. The number of rotatable bonds is 4. The van der Waals surface area contributed by atoms with Gasteiger partial charge in [-0.1, -0.05) is 71.9 Å². The molecule has 2 aliphatic rings. The van der Waals surface area contributed by atoms with Gasteiger partial charge in [0.25, 0.3) is 0 Å². The van der Waals surface area contributed by atoms with Gasteiger partial charge in [0.2, 0.25) is 0 Å². The van der Waals surface area contributed by atoms with E-state index in [0.29, 0.717) is 21.5 Å². The first-order chi connectivity index (χ1) is 10.1. The molecule has 0 heterocycles. The van der Waals surface area contributed by atoms with Crippen LogP contribution in [0.5, 0.6) is 0 Å². The lowest BCUT2D eigenvalue weighted by molar-refractivity contribution is -0.0777. The molecule has 0 bridgehead atoms. The van der Waals surface area contributed by atoms with Crippen molar-refractivity contribution in [1.82, 2.24) is 0 Å². The van der Waals surface area contributed by atoms with E-state index in [9.17, 15) is 0 Å². The monoisotopic (exact) mass is 302 g/mol. The molecule has 0 spiro atoms. The molecule has 0 saturated heterocycles. The van der Waals surface area contributed by atoms with Gasteiger partial charge in [0, 0.05) is 0 Å². The van der Waals surface area contributed by atoms with Crippen LogP contribution in [0.4, 0.5) is 0 Å². The van der Waals surface area contributed by atoms with Gasteiger partial charge >= 0.3 is 0 Å². The minimum Gasteiger partial charge on any atom is -0.0771 e. The van der Waals surface area contributed by atoms with Gasteiger partial charge in [-0.3, -0.25) is 0 Å². The molecule has 3 atom stereocenters. The summed E-state index contributed by atoms with van der Waals surface area (Å²) in [5, 5.41) is 0.449. The van der Waals surface area contributed by atoms with Gasteiger partial charge < -0.3 is 0 Å². The highest BCUT2D eigenvalue weighted by atomic mass is 14.6. The predicted molar refractivity (Wildman–Crippen MR) is 105 cm³/mol. The third-order valence-corrected chi connectivity index (χ3v) is 8.55. The number of hydrogen-bond donors (Lipinski definition) is 0. The van der Waals surface area contributed by atoms with Crippen LogP contribution in [0.3, 0.4) is 0 Å². The number of fused-ring (bicyclic) bond motifs is 1. The van der Waals surface area contributed by atoms with E-state index in [1.54, 1.807) is 0 Å². The van der Waals surface area contributed by atoms with Gasteiger partial charge in [-0.15, -0.1) is 0 Å². The summed E-state index contributed by atoms with van der Waals surface area (Å²) in [4.78, 5) is 0. The van der Waals surface area contributed by atoms with Crippen LogP contribution in [0.1, 0.15) is 98.8 Å². The zero-order chi connectivity index (χ0) is 16.6. The zero-order valence-electron chi connectivity index (χ0n) is 16.6. The minimum absolute atomic E-state index is 0.409. The third kappa shape index (κ3) is 3.05. The Morgan fingerprint density at radius 2 is 1.68 bits per heavy atom. The van der Waals surface area contributed by atoms with Crippen LogP contribution >= 0.6 is 0 Å². The Labute approximate surface area is 142 Å². The van der Waals surface area contributed by atoms with Crippen LogP contribution in [-0.4, -0.2) is 15.7 Å². The van der Waals surface area contributed by atoms with Crippen LogP contribution in [0.25, 0.3) is 0 Å². The molecule has 2 heteroatoms. The molecule has 22 heavy (non-hydrogen) atoms. The summed E-state index contributed by atoms with van der Waals surface area (Å²) < 4.78 is 0. The van der Waals surface area contributed by atoms with E-state index in [-0.39, 0.29) is 0 Å². The van der Waals surface area contributed by atoms with Gasteiger partial charge in [-0.25, -0.2) is 0 Å². The van der Waals surface area contributed by atoms with Crippen molar-refractivity contribution in [3.05, 3.63) is 0 Å². The van der Waals surface area contributed by atoms with Crippen molar-refractivity contribution in [2.75, 3.05) is 0 Å². The van der Waals surface area contributed by atoms with Crippen molar-refractivity contribution in [3.8, 4) is 0 Å². The third-order valence-electron chi connectivity index (χ3n) is 8.55. The SMILES string of the molecule is BC(B)(C1CCC2(CCCC)CCCCC2(C)C1)C(C)(C)C. The zero-order valence-corrected chi connectivity index (χ0v) is 16.6. The molecule has 2 rings (SSSR count). The fourth-order valence-corrected chi connectivity index (χ4v) is 5.68. The smallest absolute Gasteiger partial charge is 0.0771 e. The van der Waals surface area contributed by atoms with E-state index in [0.717, 1.165) is 5.92 Å². The fourth-order valence-electron chi connectivity index (χ4n) is 5.68. The maximum atomic E-state index is 2.67. The van der Waals surface area contributed by atoms with Crippen molar-refractivity contribution in [3.63, 3.8) is 0 Å². The molecule has 0 amide bonds. The van der Waals surface area contributed by atoms with Crippen LogP contribution in [0, 0.1) is 22.2 Å². The topological polar surface area (TPSA) is 0 Å². The van der Waals surface area contributed by atoms with Gasteiger partial charge in [0.1, 0.15) is 15.7 Å². The Morgan fingerprint density at radius 1 is 1.05 bits per heavy atom. The molecule has 0 N–H and O–H groups in total. The molecule has 126 valence electrons. The molecule has 0 aromatic carbocycles. The maximum Gasteiger partial charge on any atom is 0.100 e. The van der Waals surface area contributed by atoms with Crippen molar-refractivity contribution in [2.45, 2.75) is 104 Å². The number of unbranched alkanes of at least 4 members (excludes halogenated alkanes) is 1. The van der Waals surface area contributed by atoms with E-state index in [2.05, 4.69) is 50.3 Å². The second-order valence-electron chi connectivity index (χ2n) is 10.6. The quantitative estimate of drug-likeness (QED) is 0.643. The maximum absolute atomic E-state index is 2.67. The van der Waals surface area contributed by atoms with E-state index >= 15 is 0 Å². The Balaban J connectivity index is 2.23. The number of hydrogen-bond acceptors (Lipinski definition) is 0. The summed E-state index contributed by atoms with van der Waals surface area (Å²) in [6.45, 7) is 12.4. The normalized spacial score (nSPS) is 36.9. The highest BCUT2D eigenvalue weighted by Gasteiger charge is 2.55. The molecule has 0 aromatic heterocycles. The second kappa shape index (κ2) is 6.21. The van der Waals surface area contributed by atoms with Gasteiger partial charge in [0.05, 0.1) is 0 Å². The molecule has 2 saturated carbocycles. The van der Waals surface area contributed by atoms with Crippen molar-refractivity contribution < 1.29 is 0 Å².